The van der Waals surface area contributed by atoms with Gasteiger partial charge in [-0.15, -0.1) is 0 Å². The van der Waals surface area contributed by atoms with Crippen molar-refractivity contribution in [3.63, 3.8) is 0 Å². The lowest BCUT2D eigenvalue weighted by atomic mass is 10.1. The van der Waals surface area contributed by atoms with Crippen LogP contribution in [0.25, 0.3) is 0 Å². The van der Waals surface area contributed by atoms with E-state index in [1.54, 1.807) is 45.0 Å². The Morgan fingerprint density at radius 2 is 1.77 bits per heavy atom. The molecule has 0 aliphatic carbocycles. The smallest absolute Gasteiger partial charge is 0.355 e. The lowest BCUT2D eigenvalue weighted by molar-refractivity contribution is -0.123. The fourth-order valence-electron chi connectivity index (χ4n) is 2.50. The molecule has 2 aromatic rings. The highest BCUT2D eigenvalue weighted by atomic mass is 16.5. The van der Waals surface area contributed by atoms with Crippen LogP contribution in [0.2, 0.25) is 0 Å². The maximum atomic E-state index is 12.4. The summed E-state index contributed by atoms with van der Waals surface area (Å²) in [6.07, 6.45) is -1.00. The molecule has 1 atom stereocenters. The van der Waals surface area contributed by atoms with E-state index in [1.807, 2.05) is 6.07 Å². The van der Waals surface area contributed by atoms with E-state index in [2.05, 4.69) is 10.3 Å². The van der Waals surface area contributed by atoms with Crippen molar-refractivity contribution in [1.82, 2.24) is 4.98 Å². The average molecular weight is 358 g/mol. The van der Waals surface area contributed by atoms with E-state index in [9.17, 15) is 14.4 Å². The zero-order chi connectivity index (χ0) is 19.3. The minimum atomic E-state index is -1.00. The molecule has 0 radical (unpaired) electrons. The topological polar surface area (TPSA) is 97.5 Å². The van der Waals surface area contributed by atoms with Crippen LogP contribution in [0.4, 0.5) is 5.69 Å². The SMILES string of the molecule is CCOC(=O)c1c(C)[nH]c(C(=O)OC(C)C(=O)Nc2ccccc2)c1C. The monoisotopic (exact) mass is 358 g/mol. The third-order valence-electron chi connectivity index (χ3n) is 3.82. The van der Waals surface area contributed by atoms with Crippen molar-refractivity contribution in [2.24, 2.45) is 0 Å². The van der Waals surface area contributed by atoms with Crippen molar-refractivity contribution >= 4 is 23.5 Å². The van der Waals surface area contributed by atoms with E-state index in [0.29, 0.717) is 22.5 Å². The molecule has 7 nitrogen and oxygen atoms in total. The maximum absolute atomic E-state index is 12.4. The van der Waals surface area contributed by atoms with Crippen LogP contribution in [0.15, 0.2) is 30.3 Å². The third kappa shape index (κ3) is 4.30. The number of aromatic nitrogens is 1. The molecule has 0 bridgehead atoms. The van der Waals surface area contributed by atoms with Crippen molar-refractivity contribution in [3.8, 4) is 0 Å². The van der Waals surface area contributed by atoms with E-state index in [-0.39, 0.29) is 12.3 Å². The highest BCUT2D eigenvalue weighted by Gasteiger charge is 2.26. The number of carbonyl (C=O) groups is 3. The summed E-state index contributed by atoms with van der Waals surface area (Å²) in [5, 5.41) is 2.66. The van der Waals surface area contributed by atoms with Gasteiger partial charge in [-0.2, -0.15) is 0 Å². The number of para-hydroxylation sites is 1. The second-order valence-electron chi connectivity index (χ2n) is 5.75. The zero-order valence-corrected chi connectivity index (χ0v) is 15.2. The van der Waals surface area contributed by atoms with Gasteiger partial charge in [0, 0.05) is 11.4 Å². The maximum Gasteiger partial charge on any atom is 0.355 e. The molecular weight excluding hydrogens is 336 g/mol. The van der Waals surface area contributed by atoms with Gasteiger partial charge in [0.2, 0.25) is 0 Å². The Morgan fingerprint density at radius 1 is 1.12 bits per heavy atom. The molecule has 0 saturated heterocycles. The number of aromatic amines is 1. The minimum absolute atomic E-state index is 0.130. The van der Waals surface area contributed by atoms with Crippen molar-refractivity contribution in [2.45, 2.75) is 33.8 Å². The fraction of sp³-hybridized carbons (Fsp3) is 0.316. The first kappa shape index (κ1) is 19.2. The summed E-state index contributed by atoms with van der Waals surface area (Å²) in [7, 11) is 0. The molecule has 1 aromatic carbocycles. The molecule has 0 saturated carbocycles. The number of hydrogen-bond acceptors (Lipinski definition) is 5. The standard InChI is InChI=1S/C19H22N2O5/c1-5-25-18(23)15-11(2)16(20-12(15)3)19(24)26-13(4)17(22)21-14-9-7-6-8-10-14/h6-10,13,20H,5H2,1-4H3,(H,21,22). The number of H-pyrrole nitrogens is 1. The van der Waals surface area contributed by atoms with Crippen LogP contribution in [0.5, 0.6) is 0 Å². The summed E-state index contributed by atoms with van der Waals surface area (Å²) in [6.45, 7) is 6.72. The number of carbonyl (C=O) groups excluding carboxylic acids is 3. The van der Waals surface area contributed by atoms with E-state index in [4.69, 9.17) is 9.47 Å². The highest BCUT2D eigenvalue weighted by molar-refractivity contribution is 6.00. The Labute approximate surface area is 151 Å². The van der Waals surface area contributed by atoms with Crippen LogP contribution in [-0.2, 0) is 14.3 Å². The highest BCUT2D eigenvalue weighted by Crippen LogP contribution is 2.20. The lowest BCUT2D eigenvalue weighted by Gasteiger charge is -2.13. The molecule has 7 heteroatoms. The van der Waals surface area contributed by atoms with Gasteiger partial charge in [-0.1, -0.05) is 18.2 Å². The number of nitrogens with one attached hydrogen (secondary N) is 2. The Balaban J connectivity index is 2.08. The molecule has 26 heavy (non-hydrogen) atoms. The summed E-state index contributed by atoms with van der Waals surface area (Å²) < 4.78 is 10.2. The Kier molecular flexibility index (Phi) is 6.16. The zero-order valence-electron chi connectivity index (χ0n) is 15.2. The number of amides is 1. The molecule has 138 valence electrons. The molecule has 0 fully saturated rings. The largest absolute Gasteiger partial charge is 0.462 e. The lowest BCUT2D eigenvalue weighted by Crippen LogP contribution is -2.30. The molecule has 1 heterocycles. The molecule has 0 spiro atoms. The number of benzene rings is 1. The van der Waals surface area contributed by atoms with Gasteiger partial charge in [-0.05, 0) is 45.4 Å². The van der Waals surface area contributed by atoms with Crippen LogP contribution >= 0.6 is 0 Å². The number of ether oxygens (including phenoxy) is 2. The number of anilines is 1. The summed E-state index contributed by atoms with van der Waals surface area (Å²) in [5.74, 6) is -1.67. The number of rotatable bonds is 6. The van der Waals surface area contributed by atoms with Gasteiger partial charge < -0.3 is 19.8 Å². The van der Waals surface area contributed by atoms with E-state index >= 15 is 0 Å². The first-order chi connectivity index (χ1) is 12.3. The molecular formula is C19H22N2O5. The van der Waals surface area contributed by atoms with Crippen molar-refractivity contribution < 1.29 is 23.9 Å². The molecule has 1 unspecified atom stereocenters. The van der Waals surface area contributed by atoms with Crippen LogP contribution < -0.4 is 5.32 Å². The van der Waals surface area contributed by atoms with Crippen LogP contribution in [0, 0.1) is 13.8 Å². The Hall–Kier alpha value is -3.09. The first-order valence-corrected chi connectivity index (χ1v) is 8.28. The van der Waals surface area contributed by atoms with Crippen LogP contribution in [0.1, 0.15) is 46.0 Å². The molecule has 1 amide bonds. The summed E-state index contributed by atoms with van der Waals surface area (Å²) >= 11 is 0. The van der Waals surface area contributed by atoms with Gasteiger partial charge in [-0.3, -0.25) is 4.79 Å². The van der Waals surface area contributed by atoms with E-state index in [0.717, 1.165) is 0 Å². The predicted octanol–water partition coefficient (Wildman–Crippen LogP) is 2.99. The van der Waals surface area contributed by atoms with E-state index in [1.165, 1.54) is 6.92 Å². The second-order valence-corrected chi connectivity index (χ2v) is 5.75. The van der Waals surface area contributed by atoms with E-state index < -0.39 is 23.9 Å². The number of aryl methyl sites for hydroxylation is 1. The summed E-state index contributed by atoms with van der Waals surface area (Å²) in [4.78, 5) is 39.4. The van der Waals surface area contributed by atoms with Crippen LogP contribution in [0.3, 0.4) is 0 Å². The minimum Gasteiger partial charge on any atom is -0.462 e. The molecule has 0 aliphatic rings. The molecule has 1 aromatic heterocycles. The van der Waals surface area contributed by atoms with Gasteiger partial charge in [0.05, 0.1) is 12.2 Å². The number of esters is 2. The quantitative estimate of drug-likeness (QED) is 0.774. The van der Waals surface area contributed by atoms with Crippen molar-refractivity contribution in [3.05, 3.63) is 52.8 Å². The fourth-order valence-corrected chi connectivity index (χ4v) is 2.50. The molecule has 2 rings (SSSR count). The van der Waals surface area contributed by atoms with Gasteiger partial charge in [0.15, 0.2) is 6.10 Å². The Morgan fingerprint density at radius 3 is 2.38 bits per heavy atom. The first-order valence-electron chi connectivity index (χ1n) is 8.28. The van der Waals surface area contributed by atoms with Gasteiger partial charge in [0.25, 0.3) is 5.91 Å². The van der Waals surface area contributed by atoms with Gasteiger partial charge in [-0.25, -0.2) is 9.59 Å². The predicted molar refractivity (Wildman–Crippen MR) is 96.2 cm³/mol. The average Bonchev–Trinajstić information content (AvgIpc) is 2.90. The molecule has 0 aliphatic heterocycles. The third-order valence-corrected chi connectivity index (χ3v) is 3.82. The van der Waals surface area contributed by atoms with Gasteiger partial charge >= 0.3 is 11.9 Å². The van der Waals surface area contributed by atoms with Crippen molar-refractivity contribution in [2.75, 3.05) is 11.9 Å². The number of hydrogen-bond donors (Lipinski definition) is 2. The van der Waals surface area contributed by atoms with Crippen molar-refractivity contribution in [1.29, 1.82) is 0 Å². The summed E-state index contributed by atoms with van der Waals surface area (Å²) in [5.41, 5.74) is 1.98. The Bertz CT molecular complexity index is 811. The van der Waals surface area contributed by atoms with Crippen LogP contribution in [-0.4, -0.2) is 35.5 Å². The second kappa shape index (κ2) is 8.33. The molecule has 2 N–H and O–H groups in total. The van der Waals surface area contributed by atoms with Gasteiger partial charge in [0.1, 0.15) is 5.69 Å². The summed E-state index contributed by atoms with van der Waals surface area (Å²) in [6, 6.07) is 8.87. The normalized spacial score (nSPS) is 11.5.